The van der Waals surface area contributed by atoms with Crippen LogP contribution in [0.25, 0.3) is 0 Å². The quantitative estimate of drug-likeness (QED) is 0.855. The first-order valence-corrected chi connectivity index (χ1v) is 6.66. The van der Waals surface area contributed by atoms with Crippen LogP contribution in [-0.2, 0) is 6.18 Å². The number of methoxy groups -OCH3 is 2. The average Bonchev–Trinajstić information content (AvgIpc) is 2.96. The fraction of sp³-hybridized carbons (Fsp3) is 0.231. The number of halogens is 4. The highest BCUT2D eigenvalue weighted by molar-refractivity contribution is 6.32. The van der Waals surface area contributed by atoms with Crippen molar-refractivity contribution < 1.29 is 32.0 Å². The fourth-order valence-electron chi connectivity index (χ4n) is 1.70. The molecule has 2 N–H and O–H groups in total. The first-order chi connectivity index (χ1) is 11.2. The van der Waals surface area contributed by atoms with Crippen molar-refractivity contribution in [2.45, 2.75) is 6.18 Å². The smallest absolute Gasteiger partial charge is 0.452 e. The van der Waals surface area contributed by atoms with E-state index in [1.807, 2.05) is 0 Å². The topological polar surface area (TPSA) is 85.6 Å². The molecule has 2 amide bonds. The van der Waals surface area contributed by atoms with Gasteiger partial charge in [-0.15, -0.1) is 0 Å². The van der Waals surface area contributed by atoms with Crippen molar-refractivity contribution in [3.63, 3.8) is 0 Å². The largest absolute Gasteiger partial charge is 0.495 e. The molecule has 2 aromatic rings. The monoisotopic (exact) mass is 365 g/mol. The number of urea groups is 1. The number of carbonyl (C=O) groups is 1. The zero-order valence-corrected chi connectivity index (χ0v) is 13.1. The van der Waals surface area contributed by atoms with E-state index in [1.54, 1.807) is 0 Å². The molecule has 11 heteroatoms. The second-order valence-electron chi connectivity index (χ2n) is 4.34. The average molecular weight is 366 g/mol. The van der Waals surface area contributed by atoms with Crippen LogP contribution in [0.2, 0.25) is 5.02 Å². The van der Waals surface area contributed by atoms with E-state index in [2.05, 4.69) is 20.3 Å². The summed E-state index contributed by atoms with van der Waals surface area (Å²) >= 11 is 5.95. The molecule has 0 aliphatic rings. The van der Waals surface area contributed by atoms with Crippen molar-refractivity contribution in [1.29, 1.82) is 0 Å². The van der Waals surface area contributed by atoms with Gasteiger partial charge in [-0.2, -0.15) is 13.2 Å². The lowest BCUT2D eigenvalue weighted by molar-refractivity contribution is -0.155. The van der Waals surface area contributed by atoms with Gasteiger partial charge in [0, 0.05) is 12.1 Å². The minimum atomic E-state index is -4.70. The Morgan fingerprint density at radius 1 is 1.17 bits per heavy atom. The van der Waals surface area contributed by atoms with Crippen molar-refractivity contribution in [3.8, 4) is 11.5 Å². The first kappa shape index (κ1) is 17.7. The Morgan fingerprint density at radius 3 is 2.38 bits per heavy atom. The van der Waals surface area contributed by atoms with Gasteiger partial charge < -0.3 is 19.3 Å². The zero-order valence-electron chi connectivity index (χ0n) is 12.3. The number of anilines is 2. The Balaban J connectivity index is 2.12. The van der Waals surface area contributed by atoms with E-state index >= 15 is 0 Å². The summed E-state index contributed by atoms with van der Waals surface area (Å²) in [6, 6.07) is 2.49. The van der Waals surface area contributed by atoms with Gasteiger partial charge in [-0.3, -0.25) is 5.32 Å². The minimum Gasteiger partial charge on any atom is -0.495 e. The molecule has 0 aliphatic carbocycles. The molecule has 0 radical (unpaired) electrons. The zero-order chi connectivity index (χ0) is 17.9. The second kappa shape index (κ2) is 6.87. The van der Waals surface area contributed by atoms with Gasteiger partial charge >= 0.3 is 12.2 Å². The molecule has 0 saturated carbocycles. The molecule has 24 heavy (non-hydrogen) atoms. The van der Waals surface area contributed by atoms with Crippen LogP contribution in [0.1, 0.15) is 5.76 Å². The molecule has 130 valence electrons. The standard InChI is InChI=1S/C13H11ClF3N3O4/c1-22-8-4-9(23-2)7(3-6(8)14)18-12(21)19-11-5-10(24-20-11)13(15,16)17/h3-5H,1-2H3,(H2,18,19,20,21). The Morgan fingerprint density at radius 2 is 1.83 bits per heavy atom. The number of hydrogen-bond acceptors (Lipinski definition) is 5. The molecule has 7 nitrogen and oxygen atoms in total. The van der Waals surface area contributed by atoms with Gasteiger partial charge in [0.15, 0.2) is 5.82 Å². The number of amides is 2. The maximum absolute atomic E-state index is 12.4. The van der Waals surface area contributed by atoms with Crippen molar-refractivity contribution in [2.24, 2.45) is 0 Å². The van der Waals surface area contributed by atoms with Crippen LogP contribution in [0.15, 0.2) is 22.7 Å². The summed E-state index contributed by atoms with van der Waals surface area (Å²) in [5, 5.41) is 7.78. The predicted octanol–water partition coefficient (Wildman–Crippen LogP) is 4.01. The van der Waals surface area contributed by atoms with E-state index in [0.29, 0.717) is 11.8 Å². The van der Waals surface area contributed by atoms with E-state index in [9.17, 15) is 18.0 Å². The molecule has 0 fully saturated rings. The summed E-state index contributed by atoms with van der Waals surface area (Å²) in [6.07, 6.45) is -4.70. The van der Waals surface area contributed by atoms with Gasteiger partial charge in [0.05, 0.1) is 24.9 Å². The minimum absolute atomic E-state index is 0.181. The van der Waals surface area contributed by atoms with Crippen LogP contribution in [0.5, 0.6) is 11.5 Å². The molecule has 1 heterocycles. The summed E-state index contributed by atoms with van der Waals surface area (Å²) in [5.41, 5.74) is 0.181. The van der Waals surface area contributed by atoms with Crippen LogP contribution in [0, 0.1) is 0 Å². The number of nitrogens with zero attached hydrogens (tertiary/aromatic N) is 1. The molecule has 0 atom stereocenters. The highest BCUT2D eigenvalue weighted by atomic mass is 35.5. The molecular weight excluding hydrogens is 355 g/mol. The molecule has 0 aliphatic heterocycles. The van der Waals surface area contributed by atoms with Crippen LogP contribution in [0.4, 0.5) is 29.5 Å². The van der Waals surface area contributed by atoms with Gasteiger partial charge in [0.1, 0.15) is 11.5 Å². The highest BCUT2D eigenvalue weighted by Crippen LogP contribution is 2.36. The summed E-state index contributed by atoms with van der Waals surface area (Å²) in [5.74, 6) is -1.17. The molecule has 0 spiro atoms. The Kier molecular flexibility index (Phi) is 5.07. The van der Waals surface area contributed by atoms with Gasteiger partial charge in [0.25, 0.3) is 0 Å². The maximum atomic E-state index is 12.4. The molecule has 0 unspecified atom stereocenters. The predicted molar refractivity (Wildman–Crippen MR) is 78.7 cm³/mol. The summed E-state index contributed by atoms with van der Waals surface area (Å²) < 4.78 is 51.4. The number of rotatable bonds is 4. The molecule has 1 aromatic heterocycles. The van der Waals surface area contributed by atoms with E-state index in [1.165, 1.54) is 26.4 Å². The Labute approximate surface area is 138 Å². The molecule has 2 rings (SSSR count). The van der Waals surface area contributed by atoms with Crippen LogP contribution >= 0.6 is 11.6 Å². The Hall–Kier alpha value is -2.62. The number of ether oxygens (including phenoxy) is 2. The number of carbonyl (C=O) groups excluding carboxylic acids is 1. The van der Waals surface area contributed by atoms with E-state index in [-0.39, 0.29) is 16.5 Å². The summed E-state index contributed by atoms with van der Waals surface area (Å²) in [4.78, 5) is 11.9. The fourth-order valence-corrected chi connectivity index (χ4v) is 1.94. The number of alkyl halides is 3. The van der Waals surface area contributed by atoms with Gasteiger partial charge in [-0.25, -0.2) is 4.79 Å². The van der Waals surface area contributed by atoms with Crippen molar-refractivity contribution in [1.82, 2.24) is 5.16 Å². The van der Waals surface area contributed by atoms with Gasteiger partial charge in [-0.1, -0.05) is 16.8 Å². The number of hydrogen-bond donors (Lipinski definition) is 2. The lowest BCUT2D eigenvalue weighted by Gasteiger charge is -2.13. The molecule has 0 bridgehead atoms. The third-order valence-electron chi connectivity index (χ3n) is 2.75. The number of nitrogens with one attached hydrogen (secondary N) is 2. The summed E-state index contributed by atoms with van der Waals surface area (Å²) in [7, 11) is 2.77. The third-order valence-corrected chi connectivity index (χ3v) is 3.05. The normalized spacial score (nSPS) is 11.1. The lowest BCUT2D eigenvalue weighted by Crippen LogP contribution is -2.20. The van der Waals surface area contributed by atoms with E-state index in [4.69, 9.17) is 21.1 Å². The van der Waals surface area contributed by atoms with Gasteiger partial charge in [0.2, 0.25) is 5.76 Å². The molecule has 0 saturated heterocycles. The second-order valence-corrected chi connectivity index (χ2v) is 4.75. The van der Waals surface area contributed by atoms with Crippen molar-refractivity contribution >= 4 is 29.1 Å². The number of benzene rings is 1. The first-order valence-electron chi connectivity index (χ1n) is 6.28. The number of aromatic nitrogens is 1. The lowest BCUT2D eigenvalue weighted by atomic mass is 10.2. The van der Waals surface area contributed by atoms with Crippen molar-refractivity contribution in [3.05, 3.63) is 29.0 Å². The van der Waals surface area contributed by atoms with Crippen LogP contribution < -0.4 is 20.1 Å². The van der Waals surface area contributed by atoms with Crippen molar-refractivity contribution in [2.75, 3.05) is 24.9 Å². The molecular formula is C13H11ClF3N3O4. The van der Waals surface area contributed by atoms with Gasteiger partial charge in [-0.05, 0) is 6.07 Å². The highest BCUT2D eigenvalue weighted by Gasteiger charge is 2.36. The third kappa shape index (κ3) is 4.02. The van der Waals surface area contributed by atoms with E-state index in [0.717, 1.165) is 0 Å². The summed E-state index contributed by atoms with van der Waals surface area (Å²) in [6.45, 7) is 0. The van der Waals surface area contributed by atoms with Crippen LogP contribution in [-0.4, -0.2) is 25.4 Å². The van der Waals surface area contributed by atoms with Crippen LogP contribution in [0.3, 0.4) is 0 Å². The molecule has 1 aromatic carbocycles. The Bertz CT molecular complexity index is 749. The SMILES string of the molecule is COc1cc(OC)c(NC(=O)Nc2cc(C(F)(F)F)on2)cc1Cl. The van der Waals surface area contributed by atoms with E-state index < -0.39 is 23.8 Å². The maximum Gasteiger partial charge on any atom is 0.452 e.